The Hall–Kier alpha value is -1.48. The number of pyridine rings is 2. The van der Waals surface area contributed by atoms with Crippen molar-refractivity contribution >= 4 is 10.9 Å². The van der Waals surface area contributed by atoms with Crippen molar-refractivity contribution in [3.05, 3.63) is 36.3 Å². The van der Waals surface area contributed by atoms with Crippen molar-refractivity contribution in [1.82, 2.24) is 15.3 Å². The van der Waals surface area contributed by atoms with Gasteiger partial charge in [0.15, 0.2) is 0 Å². The lowest BCUT2D eigenvalue weighted by Gasteiger charge is -2.28. The highest BCUT2D eigenvalue weighted by Crippen LogP contribution is 2.46. The van der Waals surface area contributed by atoms with E-state index in [-0.39, 0.29) is 11.1 Å². The average molecular weight is 241 g/mol. The molecule has 0 radical (unpaired) electrons. The molecule has 0 saturated heterocycles. The van der Waals surface area contributed by atoms with Crippen molar-refractivity contribution in [1.29, 1.82) is 0 Å². The maximum atomic E-state index is 4.77. The first-order chi connectivity index (χ1) is 8.49. The Morgan fingerprint density at radius 2 is 1.94 bits per heavy atom. The molecule has 0 amide bonds. The lowest BCUT2D eigenvalue weighted by molar-refractivity contribution is 0.344. The lowest BCUT2D eigenvalue weighted by Crippen LogP contribution is -2.44. The van der Waals surface area contributed by atoms with Crippen molar-refractivity contribution in [2.45, 2.75) is 44.7 Å². The minimum absolute atomic E-state index is 0.0856. The maximum Gasteiger partial charge on any atom is 0.0889 e. The third-order valence-corrected chi connectivity index (χ3v) is 3.35. The number of fused-ring (bicyclic) bond motifs is 1. The molecular weight excluding hydrogens is 222 g/mol. The molecule has 3 nitrogen and oxygen atoms in total. The second kappa shape index (κ2) is 3.75. The summed E-state index contributed by atoms with van der Waals surface area (Å²) in [5.74, 6) is 0. The van der Waals surface area contributed by atoms with Gasteiger partial charge in [-0.25, -0.2) is 4.98 Å². The van der Waals surface area contributed by atoms with Gasteiger partial charge in [0.05, 0.1) is 22.9 Å². The van der Waals surface area contributed by atoms with E-state index in [2.05, 4.69) is 43.2 Å². The molecule has 18 heavy (non-hydrogen) atoms. The highest BCUT2D eigenvalue weighted by molar-refractivity contribution is 5.77. The number of hydrogen-bond acceptors (Lipinski definition) is 3. The van der Waals surface area contributed by atoms with E-state index in [0.717, 1.165) is 16.6 Å². The van der Waals surface area contributed by atoms with Crippen LogP contribution in [0.4, 0.5) is 0 Å². The molecule has 1 aliphatic rings. The fourth-order valence-corrected chi connectivity index (χ4v) is 2.52. The van der Waals surface area contributed by atoms with E-state index in [9.17, 15) is 0 Å². The van der Waals surface area contributed by atoms with Crippen LogP contribution in [0.25, 0.3) is 10.9 Å². The smallest absolute Gasteiger partial charge is 0.0889 e. The van der Waals surface area contributed by atoms with Gasteiger partial charge in [0.2, 0.25) is 0 Å². The van der Waals surface area contributed by atoms with Crippen LogP contribution in [0.1, 0.15) is 39.3 Å². The van der Waals surface area contributed by atoms with Crippen molar-refractivity contribution < 1.29 is 0 Å². The highest BCUT2D eigenvalue weighted by Gasteiger charge is 2.47. The zero-order chi connectivity index (χ0) is 12.8. The third kappa shape index (κ3) is 2.10. The number of hydrogen-bond donors (Lipinski definition) is 1. The lowest BCUT2D eigenvalue weighted by atomic mass is 10.0. The average Bonchev–Trinajstić information content (AvgIpc) is 3.07. The Balaban J connectivity index is 1.99. The molecule has 0 aliphatic heterocycles. The van der Waals surface area contributed by atoms with E-state index >= 15 is 0 Å². The van der Waals surface area contributed by atoms with Crippen molar-refractivity contribution in [2.24, 2.45) is 0 Å². The Labute approximate surface area is 108 Å². The predicted molar refractivity (Wildman–Crippen MR) is 73.3 cm³/mol. The zero-order valence-electron chi connectivity index (χ0n) is 11.2. The van der Waals surface area contributed by atoms with E-state index in [1.54, 1.807) is 0 Å². The first-order valence-electron chi connectivity index (χ1n) is 6.49. The maximum absolute atomic E-state index is 4.77. The largest absolute Gasteiger partial charge is 0.301 e. The van der Waals surface area contributed by atoms with Crippen LogP contribution in [0.5, 0.6) is 0 Å². The molecule has 0 aromatic carbocycles. The normalized spacial score (nSPS) is 17.9. The minimum atomic E-state index is 0.0856. The number of nitrogens with zero attached hydrogens (tertiary/aromatic N) is 2. The zero-order valence-corrected chi connectivity index (χ0v) is 11.2. The summed E-state index contributed by atoms with van der Waals surface area (Å²) in [5.41, 5.74) is 2.33. The summed E-state index contributed by atoms with van der Waals surface area (Å²) in [7, 11) is 0. The minimum Gasteiger partial charge on any atom is -0.301 e. The van der Waals surface area contributed by atoms with E-state index in [0.29, 0.717) is 0 Å². The van der Waals surface area contributed by atoms with Gasteiger partial charge in [0.25, 0.3) is 0 Å². The van der Waals surface area contributed by atoms with E-state index < -0.39 is 0 Å². The Bertz CT molecular complexity index is 580. The summed E-state index contributed by atoms with van der Waals surface area (Å²) in [6, 6.07) is 6.29. The molecule has 0 unspecified atom stereocenters. The molecule has 1 saturated carbocycles. The summed E-state index contributed by atoms with van der Waals surface area (Å²) >= 11 is 0. The second-order valence-electron chi connectivity index (χ2n) is 6.22. The molecule has 0 atom stereocenters. The number of aromatic nitrogens is 2. The quantitative estimate of drug-likeness (QED) is 0.878. The molecule has 0 bridgehead atoms. The summed E-state index contributed by atoms with van der Waals surface area (Å²) < 4.78 is 0. The van der Waals surface area contributed by atoms with E-state index in [1.165, 1.54) is 12.8 Å². The van der Waals surface area contributed by atoms with Crippen molar-refractivity contribution in [3.63, 3.8) is 0 Å². The highest BCUT2D eigenvalue weighted by atomic mass is 15.1. The van der Waals surface area contributed by atoms with Crippen molar-refractivity contribution in [2.75, 3.05) is 0 Å². The van der Waals surface area contributed by atoms with Crippen LogP contribution in [0.2, 0.25) is 0 Å². The van der Waals surface area contributed by atoms with Gasteiger partial charge in [0, 0.05) is 17.1 Å². The molecule has 94 valence electrons. The number of nitrogens with one attached hydrogen (secondary N) is 1. The van der Waals surface area contributed by atoms with E-state index in [4.69, 9.17) is 4.98 Å². The first kappa shape index (κ1) is 11.6. The first-order valence-corrected chi connectivity index (χ1v) is 6.49. The van der Waals surface area contributed by atoms with Crippen LogP contribution in [-0.4, -0.2) is 15.5 Å². The van der Waals surface area contributed by atoms with Crippen LogP contribution in [0.15, 0.2) is 30.6 Å². The summed E-state index contributed by atoms with van der Waals surface area (Å²) in [5, 5.41) is 4.86. The molecule has 2 heterocycles. The standard InChI is InChI=1S/C15H19N3/c1-14(2,3)18-15(7-8-15)13-5-4-11-6-9-16-10-12(11)17-13/h4-6,9-10,18H,7-8H2,1-3H3. The fraction of sp³-hybridized carbons (Fsp3) is 0.467. The summed E-state index contributed by atoms with van der Waals surface area (Å²) in [6.07, 6.45) is 5.99. The fourth-order valence-electron chi connectivity index (χ4n) is 2.52. The SMILES string of the molecule is CC(C)(C)NC1(c2ccc3ccncc3n2)CC1. The monoisotopic (exact) mass is 241 g/mol. The van der Waals surface area contributed by atoms with Gasteiger partial charge in [-0.15, -0.1) is 0 Å². The van der Waals surface area contributed by atoms with Crippen LogP contribution < -0.4 is 5.32 Å². The molecule has 1 fully saturated rings. The topological polar surface area (TPSA) is 37.8 Å². The van der Waals surface area contributed by atoms with Gasteiger partial charge in [-0.2, -0.15) is 0 Å². The van der Waals surface area contributed by atoms with Crippen molar-refractivity contribution in [3.8, 4) is 0 Å². The van der Waals surface area contributed by atoms with E-state index in [1.807, 2.05) is 18.5 Å². The van der Waals surface area contributed by atoms with Crippen LogP contribution in [0, 0.1) is 0 Å². The number of rotatable bonds is 2. The Kier molecular flexibility index (Phi) is 2.42. The molecular formula is C15H19N3. The molecule has 2 aromatic heterocycles. The molecule has 0 spiro atoms. The van der Waals surface area contributed by atoms with Gasteiger partial charge in [-0.05, 0) is 45.7 Å². The van der Waals surface area contributed by atoms with Crippen LogP contribution >= 0.6 is 0 Å². The second-order valence-corrected chi connectivity index (χ2v) is 6.22. The Morgan fingerprint density at radius 1 is 1.17 bits per heavy atom. The molecule has 3 heteroatoms. The van der Waals surface area contributed by atoms with Gasteiger partial charge in [-0.3, -0.25) is 4.98 Å². The molecule has 1 aliphatic carbocycles. The molecule has 3 rings (SSSR count). The predicted octanol–water partition coefficient (Wildman–Crippen LogP) is 3.01. The summed E-state index contributed by atoms with van der Waals surface area (Å²) in [4.78, 5) is 8.92. The van der Waals surface area contributed by atoms with Gasteiger partial charge in [-0.1, -0.05) is 6.07 Å². The molecule has 1 N–H and O–H groups in total. The third-order valence-electron chi connectivity index (χ3n) is 3.35. The van der Waals surface area contributed by atoms with Gasteiger partial charge in [0.1, 0.15) is 0 Å². The van der Waals surface area contributed by atoms with Crippen LogP contribution in [0.3, 0.4) is 0 Å². The van der Waals surface area contributed by atoms with Gasteiger partial charge >= 0.3 is 0 Å². The Morgan fingerprint density at radius 3 is 2.61 bits per heavy atom. The summed E-state index contributed by atoms with van der Waals surface area (Å²) in [6.45, 7) is 6.61. The van der Waals surface area contributed by atoms with Gasteiger partial charge < -0.3 is 5.32 Å². The molecule has 2 aromatic rings. The van der Waals surface area contributed by atoms with Crippen LogP contribution in [-0.2, 0) is 5.54 Å².